The maximum Gasteiger partial charge on any atom is 0.515 e. The number of fused-ring (bicyclic) bond motifs is 3. The number of carbonyl (C=O) groups excluding carboxylic acids is 4. The number of urea groups is 1. The highest BCUT2D eigenvalue weighted by Gasteiger charge is 2.58. The van der Waals surface area contributed by atoms with Crippen LogP contribution in [0.2, 0.25) is 0 Å². The van der Waals surface area contributed by atoms with E-state index in [0.717, 1.165) is 12.8 Å². The summed E-state index contributed by atoms with van der Waals surface area (Å²) >= 11 is 0. The third kappa shape index (κ3) is 1.57. The zero-order chi connectivity index (χ0) is 13.7. The van der Waals surface area contributed by atoms with Crippen LogP contribution in [0, 0.1) is 11.8 Å². The van der Waals surface area contributed by atoms with Crippen LogP contribution in [-0.4, -0.2) is 45.6 Å². The normalized spacial score (nSPS) is 34.9. The number of halogens is 1. The molecule has 3 rings (SSSR count). The van der Waals surface area contributed by atoms with E-state index in [-0.39, 0.29) is 0 Å². The SMILES string of the molecule is O=C1C(F)C=[N+]2C(=O)C3CCCCC3C(=O)N1C2=O. The lowest BCUT2D eigenvalue weighted by Crippen LogP contribution is -2.54. The molecule has 19 heavy (non-hydrogen) atoms. The minimum atomic E-state index is -2.12. The van der Waals surface area contributed by atoms with Gasteiger partial charge in [0.1, 0.15) is 6.21 Å². The van der Waals surface area contributed by atoms with Crippen molar-refractivity contribution in [1.82, 2.24) is 4.90 Å². The van der Waals surface area contributed by atoms with Crippen LogP contribution in [0.25, 0.3) is 0 Å². The molecule has 0 radical (unpaired) electrons. The van der Waals surface area contributed by atoms with Gasteiger partial charge in [0.2, 0.25) is 0 Å². The highest BCUT2D eigenvalue weighted by molar-refractivity contribution is 6.19. The summed E-state index contributed by atoms with van der Waals surface area (Å²) in [6.07, 6.45) is 1.05. The maximum atomic E-state index is 13.5. The Morgan fingerprint density at radius 3 is 2.37 bits per heavy atom. The molecule has 3 atom stereocenters. The van der Waals surface area contributed by atoms with Gasteiger partial charge < -0.3 is 0 Å². The Kier molecular flexibility index (Phi) is 2.58. The number of alkyl halides is 1. The summed E-state index contributed by atoms with van der Waals surface area (Å²) in [6.45, 7) is 0. The van der Waals surface area contributed by atoms with Crippen molar-refractivity contribution in [1.29, 1.82) is 0 Å². The number of rotatable bonds is 0. The molecule has 2 bridgehead atoms. The number of hydrogen-bond donors (Lipinski definition) is 0. The van der Waals surface area contributed by atoms with E-state index in [1.165, 1.54) is 0 Å². The third-order valence-electron chi connectivity index (χ3n) is 3.99. The van der Waals surface area contributed by atoms with Crippen molar-refractivity contribution in [2.24, 2.45) is 11.8 Å². The van der Waals surface area contributed by atoms with Gasteiger partial charge in [-0.05, 0) is 12.8 Å². The monoisotopic (exact) mass is 267 g/mol. The molecule has 2 aliphatic heterocycles. The third-order valence-corrected chi connectivity index (χ3v) is 3.99. The number of nitrogens with zero attached hydrogens (tertiary/aromatic N) is 2. The van der Waals surface area contributed by atoms with Gasteiger partial charge in [0.25, 0.3) is 6.17 Å². The van der Waals surface area contributed by atoms with E-state index >= 15 is 0 Å². The van der Waals surface area contributed by atoms with E-state index in [1.54, 1.807) is 0 Å². The Morgan fingerprint density at radius 2 is 1.68 bits per heavy atom. The summed E-state index contributed by atoms with van der Waals surface area (Å²) < 4.78 is 14.1. The molecule has 2 heterocycles. The predicted molar refractivity (Wildman–Crippen MR) is 58.9 cm³/mol. The van der Waals surface area contributed by atoms with Gasteiger partial charge >= 0.3 is 23.8 Å². The molecule has 0 spiro atoms. The molecule has 0 aromatic heterocycles. The number of hydrogen-bond acceptors (Lipinski definition) is 4. The maximum absolute atomic E-state index is 13.5. The first-order valence-corrected chi connectivity index (χ1v) is 6.26. The van der Waals surface area contributed by atoms with Crippen molar-refractivity contribution < 1.29 is 28.1 Å². The molecule has 1 saturated carbocycles. The molecular formula is C12H12FN2O4+. The van der Waals surface area contributed by atoms with Crippen molar-refractivity contribution in [2.45, 2.75) is 31.9 Å². The van der Waals surface area contributed by atoms with Crippen molar-refractivity contribution in [2.75, 3.05) is 0 Å². The standard InChI is InChI=1S/C12H12FN2O4/c13-8-5-14-9(16)6-3-1-2-4-7(6)10(17)15(11(8)18)12(14)19/h5-8H,1-4H2/q+1. The molecule has 0 aromatic carbocycles. The Bertz CT molecular complexity index is 542. The topological polar surface area (TPSA) is 74.5 Å². The lowest BCUT2D eigenvalue weighted by molar-refractivity contribution is -0.368. The first-order chi connectivity index (χ1) is 9.02. The second-order valence-electron chi connectivity index (χ2n) is 5.05. The summed E-state index contributed by atoms with van der Waals surface area (Å²) in [5.74, 6) is -3.79. The van der Waals surface area contributed by atoms with Crippen LogP contribution < -0.4 is 0 Å². The van der Waals surface area contributed by atoms with Crippen LogP contribution in [0.1, 0.15) is 25.7 Å². The smallest absolute Gasteiger partial charge is 0.246 e. The predicted octanol–water partition coefficient (Wildman–Crippen LogP) is 0.243. The molecule has 1 saturated heterocycles. The Hall–Kier alpha value is -1.92. The summed E-state index contributed by atoms with van der Waals surface area (Å²) in [6, 6.07) is -1.04. The molecular weight excluding hydrogens is 255 g/mol. The molecule has 100 valence electrons. The molecule has 0 N–H and O–H groups in total. The van der Waals surface area contributed by atoms with Crippen molar-refractivity contribution in [3.8, 4) is 0 Å². The summed E-state index contributed by atoms with van der Waals surface area (Å²) in [5.41, 5.74) is 0. The fourth-order valence-corrected chi connectivity index (χ4v) is 3.02. The van der Waals surface area contributed by atoms with E-state index < -0.39 is 41.8 Å². The fourth-order valence-electron chi connectivity index (χ4n) is 3.02. The fraction of sp³-hybridized carbons (Fsp3) is 0.583. The van der Waals surface area contributed by atoms with Crippen LogP contribution in [-0.2, 0) is 14.4 Å². The minimum absolute atomic E-state index is 0.304. The summed E-state index contributed by atoms with van der Waals surface area (Å²) in [7, 11) is 0. The molecule has 7 heteroatoms. The number of imide groups is 4. The van der Waals surface area contributed by atoms with Crippen LogP contribution in [0.4, 0.5) is 9.18 Å². The van der Waals surface area contributed by atoms with Gasteiger partial charge in [0.15, 0.2) is 0 Å². The first kappa shape index (κ1) is 12.1. The van der Waals surface area contributed by atoms with Crippen LogP contribution in [0.15, 0.2) is 0 Å². The number of carbonyl (C=O) groups is 4. The van der Waals surface area contributed by atoms with E-state index in [1.807, 2.05) is 0 Å². The highest BCUT2D eigenvalue weighted by Crippen LogP contribution is 2.35. The molecule has 6 nitrogen and oxygen atoms in total. The molecule has 3 aliphatic rings. The van der Waals surface area contributed by atoms with Gasteiger partial charge in [-0.2, -0.15) is 4.79 Å². The van der Waals surface area contributed by atoms with Crippen molar-refractivity contribution >= 4 is 30.0 Å². The Labute approximate surface area is 107 Å². The average molecular weight is 267 g/mol. The summed E-state index contributed by atoms with van der Waals surface area (Å²) in [5, 5.41) is 0. The van der Waals surface area contributed by atoms with Crippen LogP contribution in [0.5, 0.6) is 0 Å². The van der Waals surface area contributed by atoms with Gasteiger partial charge in [0.05, 0.1) is 11.8 Å². The lowest BCUT2D eigenvalue weighted by Gasteiger charge is -2.24. The largest absolute Gasteiger partial charge is 0.515 e. The second-order valence-corrected chi connectivity index (χ2v) is 5.05. The first-order valence-electron chi connectivity index (χ1n) is 6.26. The van der Waals surface area contributed by atoms with E-state index in [2.05, 4.69) is 0 Å². The average Bonchev–Trinajstić information content (AvgIpc) is 2.46. The van der Waals surface area contributed by atoms with Crippen molar-refractivity contribution in [3.63, 3.8) is 0 Å². The van der Waals surface area contributed by atoms with Gasteiger partial charge in [0, 0.05) is 0 Å². The molecule has 5 amide bonds. The Morgan fingerprint density at radius 1 is 1.05 bits per heavy atom. The summed E-state index contributed by atoms with van der Waals surface area (Å²) in [4.78, 5) is 48.3. The highest BCUT2D eigenvalue weighted by atomic mass is 19.1. The minimum Gasteiger partial charge on any atom is -0.246 e. The molecule has 2 fully saturated rings. The van der Waals surface area contributed by atoms with Gasteiger partial charge in [-0.15, -0.1) is 4.58 Å². The quantitative estimate of drug-likeness (QED) is 0.465. The van der Waals surface area contributed by atoms with Crippen molar-refractivity contribution in [3.05, 3.63) is 0 Å². The van der Waals surface area contributed by atoms with Gasteiger partial charge in [-0.1, -0.05) is 17.7 Å². The van der Waals surface area contributed by atoms with Crippen LogP contribution in [0.3, 0.4) is 0 Å². The lowest BCUT2D eigenvalue weighted by atomic mass is 9.78. The molecule has 1 aliphatic carbocycles. The molecule has 0 aromatic rings. The van der Waals surface area contributed by atoms with Crippen LogP contribution >= 0.6 is 0 Å². The second kappa shape index (κ2) is 4.04. The molecule has 3 unspecified atom stereocenters. The zero-order valence-electron chi connectivity index (χ0n) is 10.0. The van der Waals surface area contributed by atoms with E-state index in [9.17, 15) is 23.6 Å². The Balaban J connectivity index is 2.15. The van der Waals surface area contributed by atoms with E-state index in [0.29, 0.717) is 28.5 Å². The van der Waals surface area contributed by atoms with E-state index in [4.69, 9.17) is 0 Å². The number of amides is 5. The van der Waals surface area contributed by atoms with Gasteiger partial charge in [-0.3, -0.25) is 0 Å². The zero-order valence-corrected chi connectivity index (χ0v) is 10.0. The van der Waals surface area contributed by atoms with Gasteiger partial charge in [-0.25, -0.2) is 18.8 Å².